The van der Waals surface area contributed by atoms with Gasteiger partial charge < -0.3 is 5.32 Å². The van der Waals surface area contributed by atoms with E-state index in [2.05, 4.69) is 19.2 Å². The summed E-state index contributed by atoms with van der Waals surface area (Å²) in [6.07, 6.45) is 6.41. The highest BCUT2D eigenvalue weighted by atomic mass is 35.5. The van der Waals surface area contributed by atoms with Crippen molar-refractivity contribution in [2.24, 2.45) is 5.41 Å². The van der Waals surface area contributed by atoms with Crippen LogP contribution in [0.5, 0.6) is 0 Å². The maximum Gasteiger partial charge on any atom is 0.0455 e. The molecule has 1 aliphatic rings. The molecule has 1 aromatic carbocycles. The molecule has 1 fully saturated rings. The van der Waals surface area contributed by atoms with Crippen molar-refractivity contribution in [2.45, 2.75) is 52.0 Å². The summed E-state index contributed by atoms with van der Waals surface area (Å²) >= 11 is 12.6. The molecule has 1 aliphatic carbocycles. The van der Waals surface area contributed by atoms with E-state index in [1.807, 2.05) is 18.2 Å². The van der Waals surface area contributed by atoms with Crippen molar-refractivity contribution in [3.8, 4) is 0 Å². The van der Waals surface area contributed by atoms with Crippen LogP contribution in [0.1, 0.15) is 57.6 Å². The molecule has 1 nitrogen and oxygen atoms in total. The topological polar surface area (TPSA) is 12.0 Å². The Kier molecular flexibility index (Phi) is 5.16. The highest BCUT2D eigenvalue weighted by Crippen LogP contribution is 2.51. The van der Waals surface area contributed by atoms with Crippen molar-refractivity contribution >= 4 is 23.2 Å². The summed E-state index contributed by atoms with van der Waals surface area (Å²) < 4.78 is 0. The van der Waals surface area contributed by atoms with Gasteiger partial charge in [0, 0.05) is 16.1 Å². The molecule has 0 aromatic heterocycles. The summed E-state index contributed by atoms with van der Waals surface area (Å²) in [5, 5.41) is 5.26. The van der Waals surface area contributed by atoms with Gasteiger partial charge in [0.15, 0.2) is 0 Å². The highest BCUT2D eigenvalue weighted by molar-refractivity contribution is 6.33. The molecule has 0 spiro atoms. The number of halogens is 2. The van der Waals surface area contributed by atoms with E-state index in [0.717, 1.165) is 16.6 Å². The lowest BCUT2D eigenvalue weighted by Crippen LogP contribution is -2.36. The Hall–Kier alpha value is -0.240. The van der Waals surface area contributed by atoms with Crippen LogP contribution in [0.15, 0.2) is 18.2 Å². The average molecular weight is 300 g/mol. The zero-order valence-corrected chi connectivity index (χ0v) is 13.3. The van der Waals surface area contributed by atoms with E-state index in [0.29, 0.717) is 11.5 Å². The molecule has 106 valence electrons. The Morgan fingerprint density at radius 2 is 1.89 bits per heavy atom. The van der Waals surface area contributed by atoms with E-state index >= 15 is 0 Å². The minimum absolute atomic E-state index is 0.316. The third-order valence-corrected chi connectivity index (χ3v) is 5.17. The van der Waals surface area contributed by atoms with Gasteiger partial charge in [0.2, 0.25) is 0 Å². The molecule has 1 N–H and O–H groups in total. The maximum absolute atomic E-state index is 6.43. The second-order valence-electron chi connectivity index (χ2n) is 5.58. The van der Waals surface area contributed by atoms with Crippen LogP contribution in [-0.4, -0.2) is 6.54 Å². The molecule has 0 heterocycles. The number of hydrogen-bond donors (Lipinski definition) is 1. The van der Waals surface area contributed by atoms with Crippen molar-refractivity contribution < 1.29 is 0 Å². The van der Waals surface area contributed by atoms with E-state index in [9.17, 15) is 0 Å². The predicted octanol–water partition coefficient (Wildman–Crippen LogP) is 5.61. The third-order valence-electron chi connectivity index (χ3n) is 4.59. The Labute approximate surface area is 126 Å². The van der Waals surface area contributed by atoms with Gasteiger partial charge >= 0.3 is 0 Å². The van der Waals surface area contributed by atoms with Crippen LogP contribution in [0, 0.1) is 5.41 Å². The summed E-state index contributed by atoms with van der Waals surface area (Å²) in [5.41, 5.74) is 1.50. The Balaban J connectivity index is 2.41. The van der Waals surface area contributed by atoms with Gasteiger partial charge in [-0.05, 0) is 55.0 Å². The quantitative estimate of drug-likeness (QED) is 0.744. The summed E-state index contributed by atoms with van der Waals surface area (Å²) in [5.74, 6) is 0. The van der Waals surface area contributed by atoms with Crippen molar-refractivity contribution in [1.29, 1.82) is 0 Å². The van der Waals surface area contributed by atoms with E-state index in [4.69, 9.17) is 23.2 Å². The molecule has 1 unspecified atom stereocenters. The molecule has 1 aromatic rings. The highest BCUT2D eigenvalue weighted by Gasteiger charge is 2.40. The van der Waals surface area contributed by atoms with E-state index in [1.54, 1.807) is 0 Å². The van der Waals surface area contributed by atoms with Gasteiger partial charge in [-0.1, -0.05) is 49.9 Å². The summed E-state index contributed by atoms with van der Waals surface area (Å²) in [6.45, 7) is 5.41. The zero-order valence-electron chi connectivity index (χ0n) is 11.8. The zero-order chi connectivity index (χ0) is 13.9. The van der Waals surface area contributed by atoms with Gasteiger partial charge in [0.25, 0.3) is 0 Å². The molecule has 0 amide bonds. The fourth-order valence-corrected chi connectivity index (χ4v) is 3.93. The molecule has 1 atom stereocenters. The number of hydrogen-bond acceptors (Lipinski definition) is 1. The van der Waals surface area contributed by atoms with E-state index in [-0.39, 0.29) is 0 Å². The summed E-state index contributed by atoms with van der Waals surface area (Å²) in [7, 11) is 0. The number of benzene rings is 1. The Morgan fingerprint density at radius 3 is 2.47 bits per heavy atom. The summed E-state index contributed by atoms with van der Waals surface area (Å²) in [4.78, 5) is 0. The van der Waals surface area contributed by atoms with Crippen LogP contribution >= 0.6 is 23.2 Å². The Bertz CT molecular complexity index is 425. The third kappa shape index (κ3) is 3.09. The second kappa shape index (κ2) is 6.47. The molecule has 2 rings (SSSR count). The van der Waals surface area contributed by atoms with Crippen LogP contribution in [0.4, 0.5) is 0 Å². The fourth-order valence-electron chi connectivity index (χ4n) is 3.52. The van der Waals surface area contributed by atoms with Crippen molar-refractivity contribution in [1.82, 2.24) is 5.32 Å². The first-order valence-electron chi connectivity index (χ1n) is 7.31. The van der Waals surface area contributed by atoms with Gasteiger partial charge in [-0.25, -0.2) is 0 Å². The molecule has 0 bridgehead atoms. The molecular weight excluding hydrogens is 277 g/mol. The molecule has 19 heavy (non-hydrogen) atoms. The minimum Gasteiger partial charge on any atom is -0.310 e. The van der Waals surface area contributed by atoms with Crippen LogP contribution in [0.2, 0.25) is 10.0 Å². The van der Waals surface area contributed by atoms with E-state index in [1.165, 1.54) is 37.7 Å². The first-order valence-corrected chi connectivity index (χ1v) is 8.07. The van der Waals surface area contributed by atoms with Crippen LogP contribution < -0.4 is 5.32 Å². The smallest absolute Gasteiger partial charge is 0.0455 e. The first-order chi connectivity index (χ1) is 9.13. The van der Waals surface area contributed by atoms with Crippen molar-refractivity contribution in [3.05, 3.63) is 33.8 Å². The molecule has 1 saturated carbocycles. The van der Waals surface area contributed by atoms with Crippen molar-refractivity contribution in [3.63, 3.8) is 0 Å². The van der Waals surface area contributed by atoms with Gasteiger partial charge in [0.05, 0.1) is 0 Å². The number of rotatable bonds is 5. The Morgan fingerprint density at radius 1 is 1.21 bits per heavy atom. The van der Waals surface area contributed by atoms with Crippen LogP contribution in [0.25, 0.3) is 0 Å². The lowest BCUT2D eigenvalue weighted by atomic mass is 9.73. The largest absolute Gasteiger partial charge is 0.310 e. The molecule has 0 radical (unpaired) electrons. The fraction of sp³-hybridized carbons (Fsp3) is 0.625. The number of nitrogens with one attached hydrogen (secondary N) is 1. The standard InChI is InChI=1S/C16H23Cl2N/c1-3-16(9-5-6-10-16)15(19-4-2)13-11-12(17)7-8-14(13)18/h7-8,11,15,19H,3-6,9-10H2,1-2H3. The molecule has 0 saturated heterocycles. The molecule has 0 aliphatic heterocycles. The van der Waals surface area contributed by atoms with Gasteiger partial charge in [-0.15, -0.1) is 0 Å². The normalized spacial score (nSPS) is 19.6. The minimum atomic E-state index is 0.316. The van der Waals surface area contributed by atoms with E-state index < -0.39 is 0 Å². The monoisotopic (exact) mass is 299 g/mol. The molecular formula is C16H23Cl2N. The SMILES string of the molecule is CCNC(c1cc(Cl)ccc1Cl)C1(CC)CCCC1. The maximum atomic E-state index is 6.43. The van der Waals surface area contributed by atoms with Gasteiger partial charge in [-0.3, -0.25) is 0 Å². The lowest BCUT2D eigenvalue weighted by Gasteiger charge is -2.38. The van der Waals surface area contributed by atoms with Crippen LogP contribution in [-0.2, 0) is 0 Å². The predicted molar refractivity (Wildman–Crippen MR) is 84.1 cm³/mol. The second-order valence-corrected chi connectivity index (χ2v) is 6.42. The lowest BCUT2D eigenvalue weighted by molar-refractivity contribution is 0.189. The average Bonchev–Trinajstić information content (AvgIpc) is 2.89. The van der Waals surface area contributed by atoms with Crippen molar-refractivity contribution in [2.75, 3.05) is 6.54 Å². The first kappa shape index (κ1) is 15.2. The summed E-state index contributed by atoms with van der Waals surface area (Å²) in [6, 6.07) is 6.13. The molecule has 3 heteroatoms. The van der Waals surface area contributed by atoms with Gasteiger partial charge in [-0.2, -0.15) is 0 Å². The van der Waals surface area contributed by atoms with Gasteiger partial charge in [0.1, 0.15) is 0 Å². The van der Waals surface area contributed by atoms with Crippen LogP contribution in [0.3, 0.4) is 0 Å².